The van der Waals surface area contributed by atoms with E-state index in [1.807, 2.05) is 26.0 Å². The van der Waals surface area contributed by atoms with Crippen LogP contribution in [0.1, 0.15) is 17.0 Å². The average molecular weight is 344 g/mol. The van der Waals surface area contributed by atoms with Crippen molar-refractivity contribution in [2.45, 2.75) is 26.4 Å². The van der Waals surface area contributed by atoms with Crippen molar-refractivity contribution in [1.29, 1.82) is 0 Å². The van der Waals surface area contributed by atoms with Gasteiger partial charge in [-0.05, 0) is 38.1 Å². The van der Waals surface area contributed by atoms with Crippen molar-refractivity contribution in [2.24, 2.45) is 0 Å². The third-order valence-corrected chi connectivity index (χ3v) is 5.52. The molecule has 0 bridgehead atoms. The Bertz CT molecular complexity index is 696. The molecule has 2 aliphatic heterocycles. The number of anilines is 1. The molecule has 0 aliphatic carbocycles. The quantitative estimate of drug-likeness (QED) is 0.851. The molecule has 0 N–H and O–H groups in total. The number of halogens is 1. The van der Waals surface area contributed by atoms with E-state index in [1.165, 1.54) is 5.56 Å². The molecule has 4 rings (SSSR count). The van der Waals surface area contributed by atoms with Gasteiger partial charge in [0.2, 0.25) is 0 Å². The van der Waals surface area contributed by atoms with Gasteiger partial charge >= 0.3 is 0 Å². The summed E-state index contributed by atoms with van der Waals surface area (Å²) in [5.74, 6) is 0.768. The van der Waals surface area contributed by atoms with Gasteiger partial charge in [0.15, 0.2) is 0 Å². The fraction of sp³-hybridized carbons (Fsp3) is 0.526. The standard InChI is InChI=1S/C19H25FN4O/c1-14-19(15(2)25-21-14)13-22-11-18(12-22)24-9-7-23(8-10-24)17-5-3-16(20)4-6-17/h3-6,18H,7-13H2,1-2H3. The minimum Gasteiger partial charge on any atom is -0.369 e. The molecule has 3 heterocycles. The molecule has 0 amide bonds. The van der Waals surface area contributed by atoms with Gasteiger partial charge in [0, 0.05) is 63.1 Å². The number of hydrogen-bond donors (Lipinski definition) is 0. The lowest BCUT2D eigenvalue weighted by atomic mass is 10.0. The van der Waals surface area contributed by atoms with Crippen LogP contribution < -0.4 is 4.90 Å². The summed E-state index contributed by atoms with van der Waals surface area (Å²) in [7, 11) is 0. The summed E-state index contributed by atoms with van der Waals surface area (Å²) < 4.78 is 18.3. The van der Waals surface area contributed by atoms with E-state index in [9.17, 15) is 4.39 Å². The minimum atomic E-state index is -0.171. The summed E-state index contributed by atoms with van der Waals surface area (Å²) in [5.41, 5.74) is 3.36. The van der Waals surface area contributed by atoms with Gasteiger partial charge in [-0.25, -0.2) is 4.39 Å². The molecule has 2 saturated heterocycles. The number of nitrogens with zero attached hydrogens (tertiary/aromatic N) is 4. The lowest BCUT2D eigenvalue weighted by molar-refractivity contribution is 0.0253. The first kappa shape index (κ1) is 16.5. The maximum atomic E-state index is 13.1. The van der Waals surface area contributed by atoms with E-state index in [2.05, 4.69) is 19.9 Å². The highest BCUT2D eigenvalue weighted by atomic mass is 19.1. The Hall–Kier alpha value is -1.92. The third-order valence-electron chi connectivity index (χ3n) is 5.52. The van der Waals surface area contributed by atoms with Crippen molar-refractivity contribution in [1.82, 2.24) is 15.0 Å². The molecule has 1 aromatic carbocycles. The van der Waals surface area contributed by atoms with E-state index < -0.39 is 0 Å². The lowest BCUT2D eigenvalue weighted by Crippen LogP contribution is -2.62. The largest absolute Gasteiger partial charge is 0.369 e. The minimum absolute atomic E-state index is 0.171. The molecule has 0 unspecified atom stereocenters. The van der Waals surface area contributed by atoms with Crippen LogP contribution in [0.5, 0.6) is 0 Å². The number of aryl methyl sites for hydroxylation is 2. The van der Waals surface area contributed by atoms with Crippen molar-refractivity contribution in [3.05, 3.63) is 47.1 Å². The van der Waals surface area contributed by atoms with E-state index in [0.717, 1.165) is 63.0 Å². The zero-order valence-corrected chi connectivity index (χ0v) is 14.9. The fourth-order valence-corrected chi connectivity index (χ4v) is 3.85. The van der Waals surface area contributed by atoms with E-state index in [0.29, 0.717) is 6.04 Å². The second-order valence-electron chi connectivity index (χ2n) is 7.15. The summed E-state index contributed by atoms with van der Waals surface area (Å²) in [6.45, 7) is 11.3. The number of hydrogen-bond acceptors (Lipinski definition) is 5. The number of aromatic nitrogens is 1. The molecule has 6 heteroatoms. The zero-order valence-electron chi connectivity index (χ0n) is 14.9. The zero-order chi connectivity index (χ0) is 17.4. The summed E-state index contributed by atoms with van der Waals surface area (Å²) in [5, 5.41) is 4.04. The number of piperazine rings is 1. The summed E-state index contributed by atoms with van der Waals surface area (Å²) >= 11 is 0. The summed E-state index contributed by atoms with van der Waals surface area (Å²) in [6, 6.07) is 7.48. The second kappa shape index (κ2) is 6.77. The van der Waals surface area contributed by atoms with Gasteiger partial charge in [0.05, 0.1) is 5.69 Å². The topological polar surface area (TPSA) is 35.8 Å². The smallest absolute Gasteiger partial charge is 0.138 e. The lowest BCUT2D eigenvalue weighted by Gasteiger charge is -2.48. The molecule has 2 fully saturated rings. The van der Waals surface area contributed by atoms with Crippen molar-refractivity contribution >= 4 is 5.69 Å². The number of likely N-dealkylation sites (tertiary alicyclic amines) is 1. The molecular formula is C19H25FN4O. The van der Waals surface area contributed by atoms with E-state index in [-0.39, 0.29) is 5.82 Å². The van der Waals surface area contributed by atoms with Gasteiger partial charge in [-0.3, -0.25) is 9.80 Å². The van der Waals surface area contributed by atoms with Crippen molar-refractivity contribution in [3.8, 4) is 0 Å². The molecule has 1 aromatic heterocycles. The number of benzene rings is 1. The summed E-state index contributed by atoms with van der Waals surface area (Å²) in [4.78, 5) is 7.39. The predicted octanol–water partition coefficient (Wildman–Crippen LogP) is 2.44. The van der Waals surface area contributed by atoms with Crippen LogP contribution in [0.15, 0.2) is 28.8 Å². The SMILES string of the molecule is Cc1noc(C)c1CN1CC(N2CCN(c3ccc(F)cc3)CC2)C1. The van der Waals surface area contributed by atoms with Crippen LogP contribution in [0.25, 0.3) is 0 Å². The maximum absolute atomic E-state index is 13.1. The maximum Gasteiger partial charge on any atom is 0.138 e. The van der Waals surface area contributed by atoms with E-state index in [4.69, 9.17) is 4.52 Å². The first-order valence-corrected chi connectivity index (χ1v) is 8.99. The predicted molar refractivity (Wildman–Crippen MR) is 95.2 cm³/mol. The first-order chi connectivity index (χ1) is 12.1. The molecule has 134 valence electrons. The third kappa shape index (κ3) is 3.41. The van der Waals surface area contributed by atoms with Gasteiger partial charge in [0.25, 0.3) is 0 Å². The molecular weight excluding hydrogens is 319 g/mol. The summed E-state index contributed by atoms with van der Waals surface area (Å²) in [6.07, 6.45) is 0. The Morgan fingerprint density at radius 2 is 1.76 bits per heavy atom. The van der Waals surface area contributed by atoms with Crippen molar-refractivity contribution in [2.75, 3.05) is 44.2 Å². The Kier molecular flexibility index (Phi) is 4.48. The van der Waals surface area contributed by atoms with Crippen LogP contribution in [0.4, 0.5) is 10.1 Å². The van der Waals surface area contributed by atoms with Crippen LogP contribution in [-0.2, 0) is 6.54 Å². The molecule has 5 nitrogen and oxygen atoms in total. The highest BCUT2D eigenvalue weighted by molar-refractivity contribution is 5.46. The van der Waals surface area contributed by atoms with E-state index in [1.54, 1.807) is 12.1 Å². The molecule has 2 aromatic rings. The average Bonchev–Trinajstić information content (AvgIpc) is 2.90. The highest BCUT2D eigenvalue weighted by Crippen LogP contribution is 2.24. The van der Waals surface area contributed by atoms with Crippen LogP contribution in [0, 0.1) is 19.7 Å². The monoisotopic (exact) mass is 344 g/mol. The Morgan fingerprint density at radius 3 is 2.36 bits per heavy atom. The van der Waals surface area contributed by atoms with Crippen molar-refractivity contribution < 1.29 is 8.91 Å². The van der Waals surface area contributed by atoms with Gasteiger partial charge in [-0.1, -0.05) is 5.16 Å². The Morgan fingerprint density at radius 1 is 1.08 bits per heavy atom. The molecule has 0 atom stereocenters. The Balaban J connectivity index is 1.25. The van der Waals surface area contributed by atoms with Crippen molar-refractivity contribution in [3.63, 3.8) is 0 Å². The van der Waals surface area contributed by atoms with Crippen LogP contribution in [0.2, 0.25) is 0 Å². The van der Waals surface area contributed by atoms with Gasteiger partial charge in [-0.15, -0.1) is 0 Å². The van der Waals surface area contributed by atoms with Gasteiger partial charge < -0.3 is 9.42 Å². The van der Waals surface area contributed by atoms with Gasteiger partial charge in [-0.2, -0.15) is 0 Å². The Labute approximate surface area is 148 Å². The van der Waals surface area contributed by atoms with E-state index >= 15 is 0 Å². The highest BCUT2D eigenvalue weighted by Gasteiger charge is 2.34. The van der Waals surface area contributed by atoms with Crippen LogP contribution in [-0.4, -0.2) is 60.3 Å². The second-order valence-corrected chi connectivity index (χ2v) is 7.15. The first-order valence-electron chi connectivity index (χ1n) is 8.99. The van der Waals surface area contributed by atoms with Crippen LogP contribution in [0.3, 0.4) is 0 Å². The van der Waals surface area contributed by atoms with Crippen LogP contribution >= 0.6 is 0 Å². The number of rotatable bonds is 4. The normalized spacial score (nSPS) is 20.0. The molecule has 0 spiro atoms. The molecule has 0 radical (unpaired) electrons. The molecule has 25 heavy (non-hydrogen) atoms. The molecule has 0 saturated carbocycles. The fourth-order valence-electron chi connectivity index (χ4n) is 3.85. The molecule has 2 aliphatic rings. The van der Waals surface area contributed by atoms with Gasteiger partial charge in [0.1, 0.15) is 11.6 Å².